The second-order valence-corrected chi connectivity index (χ2v) is 9.79. The zero-order valence-corrected chi connectivity index (χ0v) is 21.9. The zero-order valence-electron chi connectivity index (χ0n) is 21.9. The highest BCUT2D eigenvalue weighted by molar-refractivity contribution is 6.01. The van der Waals surface area contributed by atoms with E-state index in [-0.39, 0.29) is 31.1 Å². The maximum Gasteiger partial charge on any atom is 0.433 e. The van der Waals surface area contributed by atoms with Gasteiger partial charge in [0.05, 0.1) is 25.1 Å². The molecule has 5 rings (SSSR count). The Hall–Kier alpha value is -3.81. The molecule has 2 aliphatic rings. The molecule has 3 aromatic heterocycles. The molecule has 2 saturated heterocycles. The Morgan fingerprint density at radius 2 is 1.97 bits per heavy atom. The summed E-state index contributed by atoms with van der Waals surface area (Å²) in [7, 11) is 1.41. The van der Waals surface area contributed by atoms with Crippen LogP contribution in [0.15, 0.2) is 24.5 Å². The van der Waals surface area contributed by atoms with E-state index in [1.54, 1.807) is 13.1 Å². The molecule has 0 aliphatic carbocycles. The second kappa shape index (κ2) is 10.1. The first-order valence-electron chi connectivity index (χ1n) is 12.7. The van der Waals surface area contributed by atoms with Gasteiger partial charge < -0.3 is 19.4 Å². The Labute approximate surface area is 222 Å². The molecule has 2 fully saturated rings. The minimum atomic E-state index is -4.65. The Kier molecular flexibility index (Phi) is 6.91. The number of aryl methyl sites for hydroxylation is 1. The number of carbonyl (C=O) groups excluding carboxylic acids is 2. The highest BCUT2D eigenvalue weighted by Crippen LogP contribution is 2.35. The van der Waals surface area contributed by atoms with Crippen molar-refractivity contribution in [2.45, 2.75) is 44.4 Å². The molecule has 0 atom stereocenters. The van der Waals surface area contributed by atoms with Gasteiger partial charge in [0.1, 0.15) is 28.6 Å². The van der Waals surface area contributed by atoms with Crippen LogP contribution >= 0.6 is 0 Å². The van der Waals surface area contributed by atoms with E-state index in [4.69, 9.17) is 9.72 Å². The van der Waals surface area contributed by atoms with E-state index in [9.17, 15) is 22.8 Å². The Morgan fingerprint density at radius 1 is 1.26 bits per heavy atom. The van der Waals surface area contributed by atoms with Crippen LogP contribution in [-0.4, -0.2) is 87.4 Å². The van der Waals surface area contributed by atoms with E-state index >= 15 is 0 Å². The molecule has 0 radical (unpaired) electrons. The van der Waals surface area contributed by atoms with Crippen LogP contribution in [0.5, 0.6) is 0 Å². The van der Waals surface area contributed by atoms with Gasteiger partial charge in [-0.05, 0) is 38.8 Å². The maximum atomic E-state index is 13.9. The standard InChI is InChI=1S/C25H29F3N8O3/c1-4-35(15-37)24(23(38)33(3)17-5-8-29-19(11-17)25(26,27)28)6-9-34(10-7-24)20-12-30-21-16(2)32-36(22(21)31-20)18-13-39-14-18/h5,8,11-12,15,18H,4,6-7,9-10,13-14H2,1-3H3. The summed E-state index contributed by atoms with van der Waals surface area (Å²) in [4.78, 5) is 43.3. The molecule has 0 saturated carbocycles. The maximum absolute atomic E-state index is 13.9. The third-order valence-corrected chi connectivity index (χ3v) is 7.58. The zero-order chi connectivity index (χ0) is 27.9. The fourth-order valence-electron chi connectivity index (χ4n) is 5.23. The summed E-state index contributed by atoms with van der Waals surface area (Å²) < 4.78 is 46.9. The average Bonchev–Trinajstić information content (AvgIpc) is 3.22. The van der Waals surface area contributed by atoms with Crippen molar-refractivity contribution in [3.8, 4) is 0 Å². The predicted octanol–water partition coefficient (Wildman–Crippen LogP) is 2.60. The largest absolute Gasteiger partial charge is 0.433 e. The summed E-state index contributed by atoms with van der Waals surface area (Å²) in [6, 6.07) is 2.28. The van der Waals surface area contributed by atoms with Gasteiger partial charge in [-0.2, -0.15) is 18.3 Å². The topological polar surface area (TPSA) is 110 Å². The number of carbonyl (C=O) groups is 2. The van der Waals surface area contributed by atoms with Crippen LogP contribution in [0.2, 0.25) is 0 Å². The number of aromatic nitrogens is 5. The summed E-state index contributed by atoms with van der Waals surface area (Å²) in [6.45, 7) is 5.79. The smallest absolute Gasteiger partial charge is 0.377 e. The highest BCUT2D eigenvalue weighted by atomic mass is 19.4. The molecular weight excluding hydrogens is 517 g/mol. The third kappa shape index (κ3) is 4.66. The SMILES string of the molecule is CCN(C=O)C1(C(=O)N(C)c2ccnc(C(F)(F)F)c2)CCN(c2cnc3c(C)nn(C4COC4)c3n2)CC1. The summed E-state index contributed by atoms with van der Waals surface area (Å²) in [6.07, 6.45) is -0.813. The molecule has 0 unspecified atom stereocenters. The van der Waals surface area contributed by atoms with E-state index in [0.717, 1.165) is 18.0 Å². The first-order chi connectivity index (χ1) is 18.6. The van der Waals surface area contributed by atoms with E-state index in [2.05, 4.69) is 15.1 Å². The number of hydrogen-bond acceptors (Lipinski definition) is 8. The molecule has 11 nitrogen and oxygen atoms in total. The Morgan fingerprint density at radius 3 is 2.56 bits per heavy atom. The monoisotopic (exact) mass is 546 g/mol. The van der Waals surface area contributed by atoms with Gasteiger partial charge in [0.2, 0.25) is 6.41 Å². The van der Waals surface area contributed by atoms with E-state index in [1.807, 2.05) is 16.5 Å². The molecule has 2 aliphatic heterocycles. The van der Waals surface area contributed by atoms with Gasteiger partial charge in [-0.3, -0.25) is 14.6 Å². The van der Waals surface area contributed by atoms with Gasteiger partial charge in [-0.25, -0.2) is 14.6 Å². The number of ether oxygens (including phenoxy) is 1. The van der Waals surface area contributed by atoms with Crippen molar-refractivity contribution in [1.29, 1.82) is 0 Å². The fourth-order valence-corrected chi connectivity index (χ4v) is 5.23. The number of pyridine rings is 1. The molecule has 0 N–H and O–H groups in total. The molecule has 5 heterocycles. The van der Waals surface area contributed by atoms with Crippen molar-refractivity contribution in [3.63, 3.8) is 0 Å². The number of anilines is 2. The predicted molar refractivity (Wildman–Crippen MR) is 135 cm³/mol. The van der Waals surface area contributed by atoms with Crippen molar-refractivity contribution in [2.24, 2.45) is 0 Å². The lowest BCUT2D eigenvalue weighted by Crippen LogP contribution is -2.63. The van der Waals surface area contributed by atoms with Crippen molar-refractivity contribution in [1.82, 2.24) is 29.6 Å². The lowest BCUT2D eigenvalue weighted by Gasteiger charge is -2.47. The van der Waals surface area contributed by atoms with E-state index in [1.165, 1.54) is 22.9 Å². The van der Waals surface area contributed by atoms with E-state index in [0.29, 0.717) is 49.7 Å². The van der Waals surface area contributed by atoms with Crippen molar-refractivity contribution in [3.05, 3.63) is 35.9 Å². The molecule has 208 valence electrons. The molecule has 0 bridgehead atoms. The van der Waals surface area contributed by atoms with Crippen LogP contribution in [0.4, 0.5) is 24.7 Å². The molecule has 0 spiro atoms. The average molecular weight is 547 g/mol. The van der Waals surface area contributed by atoms with Crippen LogP contribution < -0.4 is 9.80 Å². The minimum absolute atomic E-state index is 0.0472. The third-order valence-electron chi connectivity index (χ3n) is 7.58. The first kappa shape index (κ1) is 26.8. The molecule has 2 amide bonds. The quantitative estimate of drug-likeness (QED) is 0.416. The number of fused-ring (bicyclic) bond motifs is 1. The van der Waals surface area contributed by atoms with Gasteiger partial charge in [-0.15, -0.1) is 0 Å². The summed E-state index contributed by atoms with van der Waals surface area (Å²) in [5, 5.41) is 4.58. The van der Waals surface area contributed by atoms with Crippen LogP contribution in [0.3, 0.4) is 0 Å². The summed E-state index contributed by atoms with van der Waals surface area (Å²) in [5.74, 6) is 0.159. The number of nitrogens with zero attached hydrogens (tertiary/aromatic N) is 8. The lowest BCUT2D eigenvalue weighted by molar-refractivity contribution is -0.141. The first-order valence-corrected chi connectivity index (χ1v) is 12.7. The van der Waals surface area contributed by atoms with Gasteiger partial charge in [-0.1, -0.05) is 0 Å². The normalized spacial score (nSPS) is 17.6. The highest BCUT2D eigenvalue weighted by Gasteiger charge is 2.48. The van der Waals surface area contributed by atoms with Crippen molar-refractivity contribution >= 4 is 35.0 Å². The van der Waals surface area contributed by atoms with Gasteiger partial charge >= 0.3 is 6.18 Å². The minimum Gasteiger partial charge on any atom is -0.377 e. The number of rotatable bonds is 7. The Bertz CT molecular complexity index is 1380. The molecule has 0 aromatic carbocycles. The number of halogens is 3. The summed E-state index contributed by atoms with van der Waals surface area (Å²) in [5.41, 5.74) is -0.136. The number of piperidine rings is 1. The number of alkyl halides is 3. The van der Waals surface area contributed by atoms with Crippen LogP contribution in [0, 0.1) is 6.92 Å². The van der Waals surface area contributed by atoms with Crippen LogP contribution in [-0.2, 0) is 20.5 Å². The van der Waals surface area contributed by atoms with Crippen molar-refractivity contribution < 1.29 is 27.5 Å². The molecule has 3 aromatic rings. The lowest BCUT2D eigenvalue weighted by atomic mass is 9.84. The summed E-state index contributed by atoms with van der Waals surface area (Å²) >= 11 is 0. The molecule has 14 heteroatoms. The Balaban J connectivity index is 1.41. The van der Waals surface area contributed by atoms with Gasteiger partial charge in [0.25, 0.3) is 5.91 Å². The molecular formula is C25H29F3N8O3. The van der Waals surface area contributed by atoms with Crippen LogP contribution in [0.1, 0.15) is 37.2 Å². The number of likely N-dealkylation sites (N-methyl/N-ethyl adjacent to an activating group) is 2. The van der Waals surface area contributed by atoms with Gasteiger partial charge in [0.15, 0.2) is 5.65 Å². The van der Waals surface area contributed by atoms with Gasteiger partial charge in [0, 0.05) is 38.6 Å². The van der Waals surface area contributed by atoms with E-state index < -0.39 is 23.3 Å². The number of amides is 2. The van der Waals surface area contributed by atoms with Crippen LogP contribution in [0.25, 0.3) is 11.2 Å². The molecule has 39 heavy (non-hydrogen) atoms. The second-order valence-electron chi connectivity index (χ2n) is 9.79. The number of hydrogen-bond donors (Lipinski definition) is 0. The van der Waals surface area contributed by atoms with Crippen molar-refractivity contribution in [2.75, 3.05) is 49.7 Å². The fraction of sp³-hybridized carbons (Fsp3) is 0.520.